The Labute approximate surface area is 158 Å². The lowest BCUT2D eigenvalue weighted by atomic mass is 10.0. The summed E-state index contributed by atoms with van der Waals surface area (Å²) in [6, 6.07) is 16.0. The van der Waals surface area contributed by atoms with Crippen molar-refractivity contribution in [3.63, 3.8) is 0 Å². The van der Waals surface area contributed by atoms with Crippen LogP contribution in [0.4, 0.5) is 0 Å². The number of hydrogen-bond donors (Lipinski definition) is 0. The lowest BCUT2D eigenvalue weighted by Crippen LogP contribution is -2.10. The molecule has 5 nitrogen and oxygen atoms in total. The van der Waals surface area contributed by atoms with Crippen molar-refractivity contribution in [3.8, 4) is 11.3 Å². The maximum atomic E-state index is 5.51. The van der Waals surface area contributed by atoms with Crippen LogP contribution in [0.5, 0.6) is 0 Å². The molecule has 0 aliphatic heterocycles. The van der Waals surface area contributed by atoms with Gasteiger partial charge < -0.3 is 8.98 Å². The number of rotatable bonds is 5. The molecular formula is C22H20N4O. The molecule has 1 aromatic carbocycles. The number of allylic oxidation sites excluding steroid dienone is 1. The zero-order chi connectivity index (χ0) is 18.6. The van der Waals surface area contributed by atoms with E-state index < -0.39 is 0 Å². The summed E-state index contributed by atoms with van der Waals surface area (Å²) < 4.78 is 7.66. The maximum absolute atomic E-state index is 5.51. The molecule has 0 spiro atoms. The quantitative estimate of drug-likeness (QED) is 0.499. The van der Waals surface area contributed by atoms with E-state index >= 15 is 0 Å². The van der Waals surface area contributed by atoms with Gasteiger partial charge in [0.1, 0.15) is 12.1 Å². The lowest BCUT2D eigenvalue weighted by molar-refractivity contribution is 0.557. The summed E-state index contributed by atoms with van der Waals surface area (Å²) in [4.78, 5) is 13.2. The molecule has 1 atom stereocenters. The molecule has 0 aliphatic rings. The minimum absolute atomic E-state index is 0.0212. The first kappa shape index (κ1) is 17.0. The third kappa shape index (κ3) is 3.44. The Balaban J connectivity index is 1.86. The topological polar surface area (TPSA) is 56.7 Å². The Bertz CT molecular complexity index is 1030. The van der Waals surface area contributed by atoms with Crippen LogP contribution in [0.3, 0.4) is 0 Å². The minimum Gasteiger partial charge on any atom is -0.465 e. The largest absolute Gasteiger partial charge is 0.465 e. The Morgan fingerprint density at radius 1 is 1.07 bits per heavy atom. The van der Waals surface area contributed by atoms with Gasteiger partial charge in [-0.25, -0.2) is 15.0 Å². The van der Waals surface area contributed by atoms with Crippen LogP contribution in [0, 0.1) is 0 Å². The van der Waals surface area contributed by atoms with Gasteiger partial charge >= 0.3 is 0 Å². The van der Waals surface area contributed by atoms with Gasteiger partial charge in [-0.15, -0.1) is 0 Å². The highest BCUT2D eigenvalue weighted by atomic mass is 16.3. The molecule has 0 N–H and O–H groups in total. The fraction of sp³-hybridized carbons (Fsp3) is 0.136. The molecule has 5 heteroatoms. The summed E-state index contributed by atoms with van der Waals surface area (Å²) in [6.07, 6.45) is 8.93. The second-order valence-electron chi connectivity index (χ2n) is 6.37. The van der Waals surface area contributed by atoms with Crippen molar-refractivity contribution >= 4 is 11.6 Å². The Morgan fingerprint density at radius 3 is 2.63 bits per heavy atom. The van der Waals surface area contributed by atoms with Crippen molar-refractivity contribution in [1.29, 1.82) is 0 Å². The van der Waals surface area contributed by atoms with E-state index in [9.17, 15) is 0 Å². The van der Waals surface area contributed by atoms with Gasteiger partial charge in [0.15, 0.2) is 0 Å². The van der Waals surface area contributed by atoms with Crippen molar-refractivity contribution < 1.29 is 4.42 Å². The standard InChI is InChI=1S/C22H20N4O/c1-16(13-19-9-6-12-27-19)22-21(18-7-4-3-5-8-18)25-15-26(22)17(2)20-10-11-23-14-24-20/h3-15,17H,1-2H3/b16-13+/t17-/m1/s1. The van der Waals surface area contributed by atoms with Gasteiger partial charge in [-0.3, -0.25) is 0 Å². The smallest absolute Gasteiger partial charge is 0.126 e. The van der Waals surface area contributed by atoms with Gasteiger partial charge in [0.2, 0.25) is 0 Å². The van der Waals surface area contributed by atoms with Gasteiger partial charge in [0.25, 0.3) is 0 Å². The van der Waals surface area contributed by atoms with Crippen LogP contribution in [0.2, 0.25) is 0 Å². The van der Waals surface area contributed by atoms with Crippen LogP contribution < -0.4 is 0 Å². The Kier molecular flexibility index (Phi) is 4.66. The summed E-state index contributed by atoms with van der Waals surface area (Å²) in [6.45, 7) is 4.19. The van der Waals surface area contributed by atoms with E-state index in [0.29, 0.717) is 0 Å². The third-order valence-electron chi connectivity index (χ3n) is 4.57. The van der Waals surface area contributed by atoms with Crippen molar-refractivity contribution in [2.45, 2.75) is 19.9 Å². The van der Waals surface area contributed by atoms with E-state index in [1.165, 1.54) is 0 Å². The summed E-state index contributed by atoms with van der Waals surface area (Å²) in [5, 5.41) is 0. The first-order valence-corrected chi connectivity index (χ1v) is 8.84. The minimum atomic E-state index is 0.0212. The lowest BCUT2D eigenvalue weighted by Gasteiger charge is -2.17. The highest BCUT2D eigenvalue weighted by molar-refractivity contribution is 5.84. The number of imidazole rings is 1. The van der Waals surface area contributed by atoms with E-state index in [-0.39, 0.29) is 6.04 Å². The third-order valence-corrected chi connectivity index (χ3v) is 4.57. The van der Waals surface area contributed by atoms with Gasteiger partial charge in [-0.1, -0.05) is 30.3 Å². The predicted molar refractivity (Wildman–Crippen MR) is 106 cm³/mol. The van der Waals surface area contributed by atoms with E-state index in [1.54, 1.807) is 18.8 Å². The molecule has 4 rings (SSSR count). The van der Waals surface area contributed by atoms with Gasteiger partial charge in [-0.2, -0.15) is 0 Å². The number of furan rings is 1. The molecular weight excluding hydrogens is 336 g/mol. The number of nitrogens with zero attached hydrogens (tertiary/aromatic N) is 4. The average Bonchev–Trinajstić information content (AvgIpc) is 3.38. The SMILES string of the molecule is C/C(=C\c1ccco1)c1c(-c2ccccc2)ncn1[C@H](C)c1ccncn1. The molecule has 0 bridgehead atoms. The van der Waals surface area contributed by atoms with Crippen LogP contribution >= 0.6 is 0 Å². The van der Waals surface area contributed by atoms with E-state index in [2.05, 4.69) is 40.5 Å². The van der Waals surface area contributed by atoms with Crippen LogP contribution in [0.1, 0.15) is 37.0 Å². The highest BCUT2D eigenvalue weighted by Crippen LogP contribution is 2.32. The summed E-state index contributed by atoms with van der Waals surface area (Å²) in [5.41, 5.74) is 5.07. The fourth-order valence-electron chi connectivity index (χ4n) is 3.20. The fourth-order valence-corrected chi connectivity index (χ4v) is 3.20. The molecule has 0 radical (unpaired) electrons. The van der Waals surface area contributed by atoms with E-state index in [4.69, 9.17) is 9.40 Å². The number of aromatic nitrogens is 4. The molecule has 0 saturated carbocycles. The van der Waals surface area contributed by atoms with Crippen LogP contribution in [0.15, 0.2) is 78.1 Å². The molecule has 134 valence electrons. The Hall–Kier alpha value is -3.47. The molecule has 0 unspecified atom stereocenters. The van der Waals surface area contributed by atoms with E-state index in [0.717, 1.165) is 34.0 Å². The van der Waals surface area contributed by atoms with Gasteiger partial charge in [-0.05, 0) is 43.7 Å². The maximum Gasteiger partial charge on any atom is 0.126 e. The van der Waals surface area contributed by atoms with Crippen molar-refractivity contribution in [3.05, 3.63) is 90.8 Å². The van der Waals surface area contributed by atoms with Crippen molar-refractivity contribution in [1.82, 2.24) is 19.5 Å². The van der Waals surface area contributed by atoms with Crippen LogP contribution in [-0.4, -0.2) is 19.5 Å². The molecule has 0 fully saturated rings. The first-order chi connectivity index (χ1) is 13.2. The summed E-state index contributed by atoms with van der Waals surface area (Å²) >= 11 is 0. The molecule has 3 aromatic heterocycles. The molecule has 3 heterocycles. The first-order valence-electron chi connectivity index (χ1n) is 8.84. The summed E-state index contributed by atoms with van der Waals surface area (Å²) in [7, 11) is 0. The van der Waals surface area contributed by atoms with E-state index in [1.807, 2.05) is 48.8 Å². The molecule has 4 aromatic rings. The number of hydrogen-bond acceptors (Lipinski definition) is 4. The Morgan fingerprint density at radius 2 is 1.93 bits per heavy atom. The predicted octanol–water partition coefficient (Wildman–Crippen LogP) is 5.10. The normalized spacial score (nSPS) is 12.9. The monoisotopic (exact) mass is 356 g/mol. The van der Waals surface area contributed by atoms with Crippen molar-refractivity contribution in [2.75, 3.05) is 0 Å². The molecule has 0 amide bonds. The van der Waals surface area contributed by atoms with Gasteiger partial charge in [0, 0.05) is 11.8 Å². The average molecular weight is 356 g/mol. The van der Waals surface area contributed by atoms with Crippen molar-refractivity contribution in [2.24, 2.45) is 0 Å². The zero-order valence-electron chi connectivity index (χ0n) is 15.3. The molecule has 0 saturated heterocycles. The van der Waals surface area contributed by atoms with Crippen LogP contribution in [0.25, 0.3) is 22.9 Å². The molecule has 0 aliphatic carbocycles. The second kappa shape index (κ2) is 7.41. The highest BCUT2D eigenvalue weighted by Gasteiger charge is 2.20. The second-order valence-corrected chi connectivity index (χ2v) is 6.37. The molecule has 27 heavy (non-hydrogen) atoms. The summed E-state index contributed by atoms with van der Waals surface area (Å²) in [5.74, 6) is 0.814. The van der Waals surface area contributed by atoms with Gasteiger partial charge in [0.05, 0.1) is 35.7 Å². The van der Waals surface area contributed by atoms with Crippen LogP contribution in [-0.2, 0) is 0 Å². The zero-order valence-corrected chi connectivity index (χ0v) is 15.3. The number of benzene rings is 1.